The Morgan fingerprint density at radius 3 is 2.05 bits per heavy atom. The van der Waals surface area contributed by atoms with E-state index < -0.39 is 5.54 Å². The number of amides is 2. The van der Waals surface area contributed by atoms with Gasteiger partial charge in [0.1, 0.15) is 0 Å². The lowest BCUT2D eigenvalue weighted by molar-refractivity contribution is -0.143. The molecule has 2 amide bonds. The zero-order valence-electron chi connectivity index (χ0n) is 12.6. The Balaban J connectivity index is 1.85. The van der Waals surface area contributed by atoms with E-state index in [4.69, 9.17) is 5.73 Å². The summed E-state index contributed by atoms with van der Waals surface area (Å²) in [7, 11) is 3.77. The molecule has 1 heterocycles. The Bertz CT molecular complexity index is 369. The van der Waals surface area contributed by atoms with Crippen LogP contribution in [0.25, 0.3) is 0 Å². The van der Waals surface area contributed by atoms with Crippen LogP contribution >= 0.6 is 0 Å². The largest absolute Gasteiger partial charge is 0.338 e. The summed E-state index contributed by atoms with van der Waals surface area (Å²) in [4.78, 5) is 30.0. The number of nitrogens with two attached hydrogens (primary N) is 1. The molecule has 1 saturated carbocycles. The van der Waals surface area contributed by atoms with Gasteiger partial charge in [0.2, 0.25) is 11.8 Å². The summed E-state index contributed by atoms with van der Waals surface area (Å²) >= 11 is 0. The first-order valence-corrected chi connectivity index (χ1v) is 7.43. The first-order valence-electron chi connectivity index (χ1n) is 7.43. The third-order valence-electron chi connectivity index (χ3n) is 4.29. The molecular weight excluding hydrogens is 256 g/mol. The van der Waals surface area contributed by atoms with Crippen LogP contribution in [0.15, 0.2) is 0 Å². The van der Waals surface area contributed by atoms with E-state index in [1.54, 1.807) is 0 Å². The molecule has 0 atom stereocenters. The summed E-state index contributed by atoms with van der Waals surface area (Å²) in [5.74, 6) is 0.208. The van der Waals surface area contributed by atoms with Gasteiger partial charge in [0.15, 0.2) is 0 Å². The van der Waals surface area contributed by atoms with Crippen molar-refractivity contribution in [3.05, 3.63) is 0 Å². The molecule has 1 aliphatic heterocycles. The van der Waals surface area contributed by atoms with E-state index in [-0.39, 0.29) is 11.8 Å². The quantitative estimate of drug-likeness (QED) is 0.757. The number of hydrogen-bond donors (Lipinski definition) is 1. The molecule has 1 aliphatic carbocycles. The van der Waals surface area contributed by atoms with Crippen molar-refractivity contribution in [3.8, 4) is 0 Å². The van der Waals surface area contributed by atoms with E-state index in [0.29, 0.717) is 32.7 Å². The van der Waals surface area contributed by atoms with Crippen molar-refractivity contribution in [1.82, 2.24) is 14.7 Å². The first-order chi connectivity index (χ1) is 9.42. The lowest BCUT2D eigenvalue weighted by Crippen LogP contribution is -2.59. The van der Waals surface area contributed by atoms with Crippen LogP contribution in [-0.2, 0) is 9.59 Å². The number of piperazine rings is 1. The predicted molar refractivity (Wildman–Crippen MR) is 77.1 cm³/mol. The van der Waals surface area contributed by atoms with Crippen LogP contribution in [0, 0.1) is 0 Å². The molecule has 0 aromatic heterocycles. The first kappa shape index (κ1) is 15.3. The van der Waals surface area contributed by atoms with Crippen LogP contribution < -0.4 is 5.73 Å². The zero-order chi connectivity index (χ0) is 14.8. The Morgan fingerprint density at radius 1 is 1.05 bits per heavy atom. The molecule has 20 heavy (non-hydrogen) atoms. The molecule has 2 aliphatic rings. The van der Waals surface area contributed by atoms with E-state index in [9.17, 15) is 9.59 Å². The number of rotatable bonds is 3. The van der Waals surface area contributed by atoms with Gasteiger partial charge in [0.25, 0.3) is 0 Å². The normalized spacial score (nSPS) is 22.4. The molecule has 2 N–H and O–H groups in total. The zero-order valence-corrected chi connectivity index (χ0v) is 12.6. The fourth-order valence-corrected chi connectivity index (χ4v) is 3.06. The van der Waals surface area contributed by atoms with Crippen molar-refractivity contribution in [2.45, 2.75) is 31.2 Å². The van der Waals surface area contributed by atoms with E-state index in [1.165, 1.54) is 0 Å². The lowest BCUT2D eigenvalue weighted by atomic mass is 9.97. The fraction of sp³-hybridized carbons (Fsp3) is 0.857. The van der Waals surface area contributed by atoms with Gasteiger partial charge in [-0.05, 0) is 26.9 Å². The molecule has 6 heteroatoms. The molecule has 0 spiro atoms. The van der Waals surface area contributed by atoms with Crippen molar-refractivity contribution in [1.29, 1.82) is 0 Å². The Kier molecular flexibility index (Phi) is 4.65. The Hall–Kier alpha value is -1.14. The topological polar surface area (TPSA) is 69.9 Å². The second kappa shape index (κ2) is 6.10. The molecular formula is C14H26N4O2. The number of carbonyl (C=O) groups is 2. The number of likely N-dealkylation sites (N-methyl/N-ethyl adjacent to an activating group) is 1. The minimum atomic E-state index is -0.643. The van der Waals surface area contributed by atoms with Crippen LogP contribution in [0.1, 0.15) is 25.7 Å². The molecule has 6 nitrogen and oxygen atoms in total. The van der Waals surface area contributed by atoms with Crippen molar-refractivity contribution in [2.75, 3.05) is 46.8 Å². The summed E-state index contributed by atoms with van der Waals surface area (Å²) in [6, 6.07) is 0. The highest BCUT2D eigenvalue weighted by atomic mass is 16.2. The average Bonchev–Trinajstić information content (AvgIpc) is 2.85. The predicted octanol–water partition coefficient (Wildman–Crippen LogP) is -0.510. The van der Waals surface area contributed by atoms with E-state index in [2.05, 4.69) is 0 Å². The van der Waals surface area contributed by atoms with Crippen molar-refractivity contribution < 1.29 is 9.59 Å². The van der Waals surface area contributed by atoms with Gasteiger partial charge < -0.3 is 20.4 Å². The average molecular weight is 282 g/mol. The third-order valence-corrected chi connectivity index (χ3v) is 4.29. The van der Waals surface area contributed by atoms with Crippen molar-refractivity contribution in [3.63, 3.8) is 0 Å². The molecule has 0 unspecified atom stereocenters. The molecule has 2 fully saturated rings. The van der Waals surface area contributed by atoms with Gasteiger partial charge in [-0.25, -0.2) is 0 Å². The third kappa shape index (κ3) is 3.30. The Labute approximate surface area is 120 Å². The van der Waals surface area contributed by atoms with Gasteiger partial charge in [-0.2, -0.15) is 0 Å². The number of nitrogens with zero attached hydrogens (tertiary/aromatic N) is 3. The minimum Gasteiger partial charge on any atom is -0.338 e. The van der Waals surface area contributed by atoms with Gasteiger partial charge in [-0.1, -0.05) is 12.8 Å². The van der Waals surface area contributed by atoms with Crippen LogP contribution in [0.2, 0.25) is 0 Å². The van der Waals surface area contributed by atoms with Gasteiger partial charge in [-0.15, -0.1) is 0 Å². The van der Waals surface area contributed by atoms with Gasteiger partial charge in [0, 0.05) is 26.2 Å². The summed E-state index contributed by atoms with van der Waals surface area (Å²) in [6.07, 6.45) is 3.68. The fourth-order valence-electron chi connectivity index (χ4n) is 3.06. The maximum absolute atomic E-state index is 12.5. The monoisotopic (exact) mass is 282 g/mol. The molecule has 0 bridgehead atoms. The smallest absolute Gasteiger partial charge is 0.242 e. The maximum Gasteiger partial charge on any atom is 0.242 e. The van der Waals surface area contributed by atoms with Crippen LogP contribution in [0.4, 0.5) is 0 Å². The van der Waals surface area contributed by atoms with E-state index in [0.717, 1.165) is 25.7 Å². The maximum atomic E-state index is 12.5. The molecule has 0 aromatic carbocycles. The Morgan fingerprint density at radius 2 is 1.55 bits per heavy atom. The second-order valence-corrected chi connectivity index (χ2v) is 6.27. The summed E-state index contributed by atoms with van der Waals surface area (Å²) < 4.78 is 0. The standard InChI is InChI=1S/C14H26N4O2/c1-16(2)11-12(19)17-7-9-18(10-8-17)13(20)14(15)5-3-4-6-14/h3-11,15H2,1-2H3. The van der Waals surface area contributed by atoms with Crippen molar-refractivity contribution >= 4 is 11.8 Å². The summed E-state index contributed by atoms with van der Waals surface area (Å²) in [5.41, 5.74) is 5.57. The molecule has 114 valence electrons. The molecule has 2 rings (SSSR count). The minimum absolute atomic E-state index is 0.0784. The highest BCUT2D eigenvalue weighted by Crippen LogP contribution is 2.29. The highest BCUT2D eigenvalue weighted by molar-refractivity contribution is 5.87. The SMILES string of the molecule is CN(C)CC(=O)N1CCN(C(=O)C2(N)CCCC2)CC1. The lowest BCUT2D eigenvalue weighted by Gasteiger charge is -2.38. The molecule has 1 saturated heterocycles. The summed E-state index contributed by atoms with van der Waals surface area (Å²) in [5, 5.41) is 0. The van der Waals surface area contributed by atoms with E-state index in [1.807, 2.05) is 28.8 Å². The molecule has 0 radical (unpaired) electrons. The number of hydrogen-bond acceptors (Lipinski definition) is 4. The van der Waals surface area contributed by atoms with Gasteiger partial charge >= 0.3 is 0 Å². The van der Waals surface area contributed by atoms with Crippen LogP contribution in [-0.4, -0.2) is 78.9 Å². The number of carbonyl (C=O) groups excluding carboxylic acids is 2. The van der Waals surface area contributed by atoms with Gasteiger partial charge in [-0.3, -0.25) is 9.59 Å². The van der Waals surface area contributed by atoms with Crippen LogP contribution in [0.3, 0.4) is 0 Å². The van der Waals surface area contributed by atoms with Gasteiger partial charge in [0.05, 0.1) is 12.1 Å². The second-order valence-electron chi connectivity index (χ2n) is 6.27. The van der Waals surface area contributed by atoms with Crippen molar-refractivity contribution in [2.24, 2.45) is 5.73 Å². The summed E-state index contributed by atoms with van der Waals surface area (Å²) in [6.45, 7) is 2.88. The van der Waals surface area contributed by atoms with Crippen LogP contribution in [0.5, 0.6) is 0 Å². The molecule has 0 aromatic rings. The van der Waals surface area contributed by atoms with E-state index >= 15 is 0 Å². The highest BCUT2D eigenvalue weighted by Gasteiger charge is 2.40.